The first-order valence-corrected chi connectivity index (χ1v) is 5.84. The molecule has 92 valence electrons. The normalized spacial score (nSPS) is 14.8. The molecule has 0 aromatic heterocycles. The van der Waals surface area contributed by atoms with Gasteiger partial charge in [-0.15, -0.1) is 12.3 Å². The van der Waals surface area contributed by atoms with E-state index in [1.165, 1.54) is 0 Å². The van der Waals surface area contributed by atoms with Crippen molar-refractivity contribution in [3.05, 3.63) is 29.8 Å². The summed E-state index contributed by atoms with van der Waals surface area (Å²) in [6.07, 6.45) is 8.19. The maximum atomic E-state index is 10.6. The van der Waals surface area contributed by atoms with Crippen molar-refractivity contribution in [1.82, 2.24) is 0 Å². The largest absolute Gasteiger partial charge is 0.493 e. The summed E-state index contributed by atoms with van der Waals surface area (Å²) in [4.78, 5) is 10.6. The number of nitrogens with zero attached hydrogens (tertiary/aromatic N) is 2. The Labute approximate surface area is 106 Å². The van der Waals surface area contributed by atoms with Gasteiger partial charge in [0.1, 0.15) is 12.0 Å². The lowest BCUT2D eigenvalue weighted by Gasteiger charge is -2.10. The summed E-state index contributed by atoms with van der Waals surface area (Å²) in [6.45, 7) is 0.514. The average molecular weight is 242 g/mol. The summed E-state index contributed by atoms with van der Waals surface area (Å²) in [5.41, 5.74) is 0.296. The van der Waals surface area contributed by atoms with Gasteiger partial charge < -0.3 is 4.74 Å². The van der Waals surface area contributed by atoms with Gasteiger partial charge in [0.25, 0.3) is 0 Å². The van der Waals surface area contributed by atoms with Crippen molar-refractivity contribution in [3.63, 3.8) is 0 Å². The molecule has 0 saturated carbocycles. The molecular formula is C14H14N2O2. The van der Waals surface area contributed by atoms with Crippen molar-refractivity contribution < 1.29 is 9.53 Å². The number of rotatable bonds is 7. The lowest BCUT2D eigenvalue weighted by atomic mass is 10.1. The number of ether oxygens (including phenoxy) is 1. The second kappa shape index (κ2) is 5.46. The molecule has 0 amide bonds. The number of aldehydes is 1. The van der Waals surface area contributed by atoms with E-state index in [1.807, 2.05) is 6.07 Å². The molecule has 1 aromatic carbocycles. The maximum Gasteiger partial charge on any atom is 0.195 e. The quantitative estimate of drug-likeness (QED) is 0.545. The molecule has 4 nitrogen and oxygen atoms in total. The van der Waals surface area contributed by atoms with E-state index in [2.05, 4.69) is 16.1 Å². The van der Waals surface area contributed by atoms with Crippen LogP contribution in [0.25, 0.3) is 0 Å². The van der Waals surface area contributed by atoms with Crippen molar-refractivity contribution in [2.75, 3.05) is 6.61 Å². The topological polar surface area (TPSA) is 51.0 Å². The van der Waals surface area contributed by atoms with Gasteiger partial charge in [0.05, 0.1) is 6.61 Å². The molecule has 4 heteroatoms. The van der Waals surface area contributed by atoms with Crippen LogP contribution in [0.15, 0.2) is 34.5 Å². The minimum atomic E-state index is -0.311. The Morgan fingerprint density at radius 2 is 2.22 bits per heavy atom. The molecule has 0 radical (unpaired) electrons. The van der Waals surface area contributed by atoms with Gasteiger partial charge in [-0.05, 0) is 12.1 Å². The summed E-state index contributed by atoms with van der Waals surface area (Å²) >= 11 is 0. The summed E-state index contributed by atoms with van der Waals surface area (Å²) in [6, 6.07) is 7.06. The maximum absolute atomic E-state index is 10.6. The zero-order valence-electron chi connectivity index (χ0n) is 10.0. The third-order valence-electron chi connectivity index (χ3n) is 2.82. The van der Waals surface area contributed by atoms with E-state index in [0.29, 0.717) is 24.3 Å². The van der Waals surface area contributed by atoms with E-state index in [1.54, 1.807) is 18.2 Å². The zero-order valence-corrected chi connectivity index (χ0v) is 10.0. The summed E-state index contributed by atoms with van der Waals surface area (Å²) in [5, 5.41) is 8.06. The van der Waals surface area contributed by atoms with Crippen LogP contribution in [-0.4, -0.2) is 18.6 Å². The Balaban J connectivity index is 1.78. The lowest BCUT2D eigenvalue weighted by Crippen LogP contribution is -2.15. The van der Waals surface area contributed by atoms with E-state index < -0.39 is 0 Å². The molecule has 2 rings (SSSR count). The molecule has 0 N–H and O–H groups in total. The molecule has 0 fully saturated rings. The number of carbonyl (C=O) groups excluding carboxylic acids is 1. The summed E-state index contributed by atoms with van der Waals surface area (Å²) in [7, 11) is 0. The second-order valence-electron chi connectivity index (χ2n) is 4.18. The van der Waals surface area contributed by atoms with E-state index in [4.69, 9.17) is 11.2 Å². The minimum absolute atomic E-state index is 0.311. The number of benzene rings is 1. The van der Waals surface area contributed by atoms with Crippen LogP contribution < -0.4 is 4.74 Å². The van der Waals surface area contributed by atoms with Crippen LogP contribution in [0, 0.1) is 12.3 Å². The molecule has 18 heavy (non-hydrogen) atoms. The Bertz CT molecular complexity index is 497. The highest BCUT2D eigenvalue weighted by Gasteiger charge is 2.38. The van der Waals surface area contributed by atoms with Crippen molar-refractivity contribution in [2.24, 2.45) is 10.2 Å². The zero-order chi connectivity index (χ0) is 12.8. The van der Waals surface area contributed by atoms with Gasteiger partial charge in [0.2, 0.25) is 0 Å². The van der Waals surface area contributed by atoms with Crippen LogP contribution in [-0.2, 0) is 0 Å². The third-order valence-corrected chi connectivity index (χ3v) is 2.82. The van der Waals surface area contributed by atoms with Crippen LogP contribution in [0.5, 0.6) is 5.75 Å². The first-order chi connectivity index (χ1) is 8.78. The third kappa shape index (κ3) is 3.17. The molecule has 1 aromatic rings. The number of hydrogen-bond acceptors (Lipinski definition) is 4. The molecule has 0 aliphatic carbocycles. The number of carbonyl (C=O) groups is 1. The molecule has 1 aliphatic heterocycles. The first-order valence-electron chi connectivity index (χ1n) is 5.84. The van der Waals surface area contributed by atoms with Gasteiger partial charge >= 0.3 is 0 Å². The Morgan fingerprint density at radius 1 is 1.39 bits per heavy atom. The van der Waals surface area contributed by atoms with Gasteiger partial charge in [0, 0.05) is 24.8 Å². The van der Waals surface area contributed by atoms with Crippen LogP contribution in [0.4, 0.5) is 0 Å². The fourth-order valence-corrected chi connectivity index (χ4v) is 1.68. The Morgan fingerprint density at radius 3 is 2.89 bits per heavy atom. The van der Waals surface area contributed by atoms with Crippen molar-refractivity contribution in [1.29, 1.82) is 0 Å². The molecule has 0 unspecified atom stereocenters. The molecule has 1 aliphatic rings. The molecule has 0 spiro atoms. The van der Waals surface area contributed by atoms with Gasteiger partial charge in [-0.25, -0.2) is 0 Å². The summed E-state index contributed by atoms with van der Waals surface area (Å²) in [5.74, 6) is 3.27. The van der Waals surface area contributed by atoms with E-state index >= 15 is 0 Å². The smallest absolute Gasteiger partial charge is 0.195 e. The van der Waals surface area contributed by atoms with Crippen molar-refractivity contribution in [3.8, 4) is 18.1 Å². The van der Waals surface area contributed by atoms with Gasteiger partial charge in [0.15, 0.2) is 5.66 Å². The minimum Gasteiger partial charge on any atom is -0.493 e. The van der Waals surface area contributed by atoms with Crippen LogP contribution in [0.2, 0.25) is 0 Å². The van der Waals surface area contributed by atoms with Crippen molar-refractivity contribution >= 4 is 6.29 Å². The van der Waals surface area contributed by atoms with Gasteiger partial charge in [-0.2, -0.15) is 10.2 Å². The fraction of sp³-hybridized carbons (Fsp3) is 0.357. The van der Waals surface area contributed by atoms with Crippen LogP contribution >= 0.6 is 0 Å². The monoisotopic (exact) mass is 242 g/mol. The van der Waals surface area contributed by atoms with Gasteiger partial charge in [-0.1, -0.05) is 12.1 Å². The highest BCUT2D eigenvalue weighted by Crippen LogP contribution is 2.36. The molecule has 0 saturated heterocycles. The first kappa shape index (κ1) is 12.3. The predicted octanol–water partition coefficient (Wildman–Crippen LogP) is 2.84. The van der Waals surface area contributed by atoms with Gasteiger partial charge in [-0.3, -0.25) is 4.79 Å². The average Bonchev–Trinajstić information content (AvgIpc) is 3.17. The SMILES string of the molecule is C#CCCC1(CCOc2cccc(C=O)c2)N=N1. The number of hydrogen-bond donors (Lipinski definition) is 0. The Kier molecular flexibility index (Phi) is 3.73. The van der Waals surface area contributed by atoms with E-state index in [-0.39, 0.29) is 5.66 Å². The molecule has 0 atom stereocenters. The molecular weight excluding hydrogens is 228 g/mol. The second-order valence-corrected chi connectivity index (χ2v) is 4.18. The molecule has 1 heterocycles. The van der Waals surface area contributed by atoms with E-state index in [0.717, 1.165) is 19.1 Å². The van der Waals surface area contributed by atoms with E-state index in [9.17, 15) is 4.79 Å². The fourth-order valence-electron chi connectivity index (χ4n) is 1.68. The Hall–Kier alpha value is -2.15. The van der Waals surface area contributed by atoms with Crippen molar-refractivity contribution in [2.45, 2.75) is 24.9 Å². The predicted molar refractivity (Wildman–Crippen MR) is 67.6 cm³/mol. The summed E-state index contributed by atoms with van der Waals surface area (Å²) < 4.78 is 5.57. The highest BCUT2D eigenvalue weighted by molar-refractivity contribution is 5.75. The highest BCUT2D eigenvalue weighted by atomic mass is 16.5. The van der Waals surface area contributed by atoms with Crippen LogP contribution in [0.1, 0.15) is 29.6 Å². The molecule has 0 bridgehead atoms. The lowest BCUT2D eigenvalue weighted by molar-refractivity contribution is 0.112. The number of terminal acetylenes is 1. The van der Waals surface area contributed by atoms with Crippen LogP contribution in [0.3, 0.4) is 0 Å². The standard InChI is InChI=1S/C14H14N2O2/c1-2-3-7-14(15-16-14)8-9-18-13-6-4-5-12(10-13)11-17/h1,4-6,10-11H,3,7-9H2.